The lowest BCUT2D eigenvalue weighted by Gasteiger charge is -2.11. The van der Waals surface area contributed by atoms with Crippen LogP contribution in [0.1, 0.15) is 21.5 Å². The van der Waals surface area contributed by atoms with Crippen molar-refractivity contribution in [3.05, 3.63) is 113 Å². The van der Waals surface area contributed by atoms with Crippen molar-refractivity contribution >= 4 is 29.2 Å². The number of anilines is 1. The van der Waals surface area contributed by atoms with Gasteiger partial charge in [0, 0.05) is 16.3 Å². The monoisotopic (exact) mass is 405 g/mol. The molecule has 4 nitrogen and oxygen atoms in total. The Bertz CT molecular complexity index is 1000. The molecule has 0 fully saturated rings. The first-order valence-electron chi connectivity index (χ1n) is 9.14. The molecule has 0 radical (unpaired) electrons. The second-order valence-corrected chi connectivity index (χ2v) is 6.76. The molecule has 5 heteroatoms. The summed E-state index contributed by atoms with van der Waals surface area (Å²) in [6.07, 6.45) is 3.16. The van der Waals surface area contributed by atoms with Crippen LogP contribution in [0.3, 0.4) is 0 Å². The van der Waals surface area contributed by atoms with Gasteiger partial charge in [-0.25, -0.2) is 4.79 Å². The average Bonchev–Trinajstić information content (AvgIpc) is 2.75. The topological polar surface area (TPSA) is 55.4 Å². The first-order chi connectivity index (χ1) is 14.1. The molecular weight excluding hydrogens is 386 g/mol. The van der Waals surface area contributed by atoms with Crippen LogP contribution in [-0.2, 0) is 17.8 Å². The molecule has 0 aliphatic heterocycles. The van der Waals surface area contributed by atoms with Crippen LogP contribution in [0.4, 0.5) is 10.5 Å². The second kappa shape index (κ2) is 10.2. The van der Waals surface area contributed by atoms with Crippen LogP contribution in [0.15, 0.2) is 91.0 Å². The number of hydrogen-bond acceptors (Lipinski definition) is 3. The standard InChI is InChI=1S/C24H20ClNO3/c25-21-14-15-22(26-24(28)29-17-18-8-3-1-4-9-18)20(16-21)12-7-13-23(27)19-10-5-2-6-11-19/h1-11,13-16H,12,17H2,(H,26,28)/b13-7+. The van der Waals surface area contributed by atoms with Gasteiger partial charge in [-0.1, -0.05) is 78.3 Å². The highest BCUT2D eigenvalue weighted by molar-refractivity contribution is 6.30. The van der Waals surface area contributed by atoms with E-state index in [4.69, 9.17) is 16.3 Å². The second-order valence-electron chi connectivity index (χ2n) is 6.32. The van der Waals surface area contributed by atoms with E-state index in [-0.39, 0.29) is 12.4 Å². The average molecular weight is 406 g/mol. The van der Waals surface area contributed by atoms with Crippen LogP contribution in [0.25, 0.3) is 0 Å². The molecule has 3 aromatic carbocycles. The number of halogens is 1. The highest BCUT2D eigenvalue weighted by Crippen LogP contribution is 2.22. The highest BCUT2D eigenvalue weighted by atomic mass is 35.5. The number of benzene rings is 3. The number of hydrogen-bond donors (Lipinski definition) is 1. The minimum atomic E-state index is -0.554. The quantitative estimate of drug-likeness (QED) is 0.383. The Balaban J connectivity index is 1.62. The lowest BCUT2D eigenvalue weighted by molar-refractivity contribution is 0.104. The summed E-state index contributed by atoms with van der Waals surface area (Å²) >= 11 is 6.10. The maximum Gasteiger partial charge on any atom is 0.411 e. The van der Waals surface area contributed by atoms with Crippen molar-refractivity contribution in [2.24, 2.45) is 0 Å². The number of nitrogens with one attached hydrogen (secondary N) is 1. The fourth-order valence-corrected chi connectivity index (χ4v) is 2.91. The Morgan fingerprint density at radius 1 is 0.931 bits per heavy atom. The number of rotatable bonds is 7. The number of carbonyl (C=O) groups is 2. The van der Waals surface area contributed by atoms with E-state index in [1.165, 1.54) is 6.08 Å². The summed E-state index contributed by atoms with van der Waals surface area (Å²) in [6, 6.07) is 23.6. The van der Waals surface area contributed by atoms with Crippen LogP contribution in [-0.4, -0.2) is 11.9 Å². The zero-order chi connectivity index (χ0) is 20.5. The molecule has 0 saturated heterocycles. The van der Waals surface area contributed by atoms with Gasteiger partial charge in [0.25, 0.3) is 0 Å². The summed E-state index contributed by atoms with van der Waals surface area (Å²) in [4.78, 5) is 24.3. The molecule has 3 aromatic rings. The Morgan fingerprint density at radius 2 is 1.62 bits per heavy atom. The van der Waals surface area contributed by atoms with Gasteiger partial charge in [-0.15, -0.1) is 0 Å². The first kappa shape index (κ1) is 20.4. The van der Waals surface area contributed by atoms with Crippen LogP contribution in [0.2, 0.25) is 5.02 Å². The molecular formula is C24H20ClNO3. The minimum absolute atomic E-state index is 0.0793. The molecule has 0 atom stereocenters. The summed E-state index contributed by atoms with van der Waals surface area (Å²) in [5.74, 6) is -0.0793. The smallest absolute Gasteiger partial charge is 0.411 e. The van der Waals surface area contributed by atoms with Crippen LogP contribution >= 0.6 is 11.6 Å². The summed E-state index contributed by atoms with van der Waals surface area (Å²) < 4.78 is 5.26. The van der Waals surface area contributed by atoms with Crippen molar-refractivity contribution in [2.75, 3.05) is 5.32 Å². The third-order valence-corrected chi connectivity index (χ3v) is 4.42. The van der Waals surface area contributed by atoms with E-state index in [1.807, 2.05) is 48.5 Å². The zero-order valence-electron chi connectivity index (χ0n) is 15.7. The molecule has 0 spiro atoms. The lowest BCUT2D eigenvalue weighted by Crippen LogP contribution is -2.14. The SMILES string of the molecule is O=C(Nc1ccc(Cl)cc1C/C=C/C(=O)c1ccccc1)OCc1ccccc1. The van der Waals surface area contributed by atoms with E-state index in [0.29, 0.717) is 22.7 Å². The van der Waals surface area contributed by atoms with E-state index in [9.17, 15) is 9.59 Å². The molecule has 0 heterocycles. The molecule has 0 unspecified atom stereocenters. The van der Waals surface area contributed by atoms with Gasteiger partial charge in [0.15, 0.2) is 5.78 Å². The summed E-state index contributed by atoms with van der Waals surface area (Å²) in [7, 11) is 0. The van der Waals surface area contributed by atoms with Crippen LogP contribution in [0, 0.1) is 0 Å². The Hall–Kier alpha value is -3.37. The van der Waals surface area contributed by atoms with E-state index in [1.54, 1.807) is 36.4 Å². The van der Waals surface area contributed by atoms with Crippen molar-refractivity contribution in [1.82, 2.24) is 0 Å². The fourth-order valence-electron chi connectivity index (χ4n) is 2.71. The van der Waals surface area contributed by atoms with Gasteiger partial charge in [-0.05, 0) is 41.8 Å². The normalized spacial score (nSPS) is 10.7. The molecule has 0 aromatic heterocycles. The molecule has 3 rings (SSSR count). The van der Waals surface area contributed by atoms with Crippen molar-refractivity contribution in [1.29, 1.82) is 0 Å². The molecule has 0 saturated carbocycles. The maximum absolute atomic E-state index is 12.2. The summed E-state index contributed by atoms with van der Waals surface area (Å²) in [5.41, 5.74) is 2.90. The van der Waals surface area contributed by atoms with Crippen molar-refractivity contribution in [3.8, 4) is 0 Å². The van der Waals surface area contributed by atoms with Crippen molar-refractivity contribution < 1.29 is 14.3 Å². The maximum atomic E-state index is 12.2. The predicted octanol–water partition coefficient (Wildman–Crippen LogP) is 6.07. The lowest BCUT2D eigenvalue weighted by atomic mass is 10.1. The molecule has 1 N–H and O–H groups in total. The van der Waals surface area contributed by atoms with Crippen LogP contribution in [0.5, 0.6) is 0 Å². The van der Waals surface area contributed by atoms with Crippen molar-refractivity contribution in [3.63, 3.8) is 0 Å². The minimum Gasteiger partial charge on any atom is -0.444 e. The predicted molar refractivity (Wildman–Crippen MR) is 115 cm³/mol. The van der Waals surface area contributed by atoms with Gasteiger partial charge >= 0.3 is 6.09 Å². The molecule has 0 bridgehead atoms. The Morgan fingerprint density at radius 3 is 2.34 bits per heavy atom. The van der Waals surface area contributed by atoms with E-state index in [2.05, 4.69) is 5.32 Å². The molecule has 0 aliphatic carbocycles. The number of allylic oxidation sites excluding steroid dienone is 2. The molecule has 146 valence electrons. The summed E-state index contributed by atoms with van der Waals surface area (Å²) in [5, 5.41) is 3.29. The largest absolute Gasteiger partial charge is 0.444 e. The van der Waals surface area contributed by atoms with Gasteiger partial charge in [0.2, 0.25) is 0 Å². The number of ether oxygens (including phenoxy) is 1. The van der Waals surface area contributed by atoms with E-state index < -0.39 is 6.09 Å². The zero-order valence-corrected chi connectivity index (χ0v) is 16.4. The van der Waals surface area contributed by atoms with Gasteiger partial charge in [-0.3, -0.25) is 10.1 Å². The first-order valence-corrected chi connectivity index (χ1v) is 9.51. The van der Waals surface area contributed by atoms with Crippen LogP contribution < -0.4 is 5.32 Å². The van der Waals surface area contributed by atoms with Crippen molar-refractivity contribution in [2.45, 2.75) is 13.0 Å². The third-order valence-electron chi connectivity index (χ3n) is 4.18. The van der Waals surface area contributed by atoms with Gasteiger partial charge in [0.1, 0.15) is 6.61 Å². The van der Waals surface area contributed by atoms with E-state index >= 15 is 0 Å². The summed E-state index contributed by atoms with van der Waals surface area (Å²) in [6.45, 7) is 0.182. The molecule has 29 heavy (non-hydrogen) atoms. The van der Waals surface area contributed by atoms with E-state index in [0.717, 1.165) is 11.1 Å². The molecule has 0 aliphatic rings. The molecule has 1 amide bonds. The number of ketones is 1. The number of carbonyl (C=O) groups excluding carboxylic acids is 2. The third kappa shape index (κ3) is 6.33. The van der Waals surface area contributed by atoms with Gasteiger partial charge in [0.05, 0.1) is 0 Å². The fraction of sp³-hybridized carbons (Fsp3) is 0.0833. The van der Waals surface area contributed by atoms with Gasteiger partial charge < -0.3 is 4.74 Å². The number of amides is 1. The highest BCUT2D eigenvalue weighted by Gasteiger charge is 2.09. The Labute approximate surface area is 174 Å². The Kier molecular flexibility index (Phi) is 7.20. The van der Waals surface area contributed by atoms with Gasteiger partial charge in [-0.2, -0.15) is 0 Å².